The highest BCUT2D eigenvalue weighted by Gasteiger charge is 2.30. The van der Waals surface area contributed by atoms with E-state index in [1.807, 2.05) is 0 Å². The number of rotatable bonds is 5. The molecule has 0 unspecified atom stereocenters. The number of benzene rings is 3. The number of carbonyl (C=O) groups excluding carboxylic acids is 1. The van der Waals surface area contributed by atoms with E-state index in [-0.39, 0.29) is 11.7 Å². The Kier molecular flexibility index (Phi) is 5.18. The van der Waals surface area contributed by atoms with Gasteiger partial charge in [0.25, 0.3) is 5.91 Å². The summed E-state index contributed by atoms with van der Waals surface area (Å²) in [6.45, 7) is 3.36. The molecule has 4 rings (SSSR count). The highest BCUT2D eigenvalue weighted by Crippen LogP contribution is 2.27. The number of ether oxygens (including phenoxy) is 1. The molecule has 5 nitrogen and oxygen atoms in total. The Balaban J connectivity index is 1.52. The molecule has 4 aromatic rings. The summed E-state index contributed by atoms with van der Waals surface area (Å²) in [5.41, 5.74) is 1.23. The van der Waals surface area contributed by atoms with Crippen molar-refractivity contribution in [1.29, 1.82) is 0 Å². The van der Waals surface area contributed by atoms with Gasteiger partial charge in [-0.3, -0.25) is 4.79 Å². The zero-order chi connectivity index (χ0) is 21.3. The van der Waals surface area contributed by atoms with Crippen molar-refractivity contribution in [2.24, 2.45) is 0 Å². The van der Waals surface area contributed by atoms with Gasteiger partial charge >= 0.3 is 0 Å². The van der Waals surface area contributed by atoms with Crippen molar-refractivity contribution in [2.45, 2.75) is 19.4 Å². The van der Waals surface area contributed by atoms with Crippen LogP contribution in [0.2, 0.25) is 5.02 Å². The Bertz CT molecular complexity index is 1200. The van der Waals surface area contributed by atoms with Gasteiger partial charge in [0, 0.05) is 16.3 Å². The van der Waals surface area contributed by atoms with Crippen LogP contribution in [0, 0.1) is 5.82 Å². The van der Waals surface area contributed by atoms with Gasteiger partial charge in [-0.2, -0.15) is 0 Å². The Morgan fingerprint density at radius 1 is 1.07 bits per heavy atom. The highest BCUT2D eigenvalue weighted by atomic mass is 35.5. The van der Waals surface area contributed by atoms with Gasteiger partial charge in [-0.1, -0.05) is 11.6 Å². The normalized spacial score (nSPS) is 11.5. The highest BCUT2D eigenvalue weighted by molar-refractivity contribution is 6.30. The molecule has 0 aliphatic heterocycles. The van der Waals surface area contributed by atoms with Crippen molar-refractivity contribution in [2.75, 3.05) is 5.32 Å². The van der Waals surface area contributed by atoms with Crippen LogP contribution in [0.1, 0.15) is 13.8 Å². The van der Waals surface area contributed by atoms with Gasteiger partial charge in [0.1, 0.15) is 17.1 Å². The van der Waals surface area contributed by atoms with Crippen molar-refractivity contribution in [3.05, 3.63) is 77.6 Å². The molecular weight excluding hydrogens is 407 g/mol. The number of amides is 1. The molecule has 0 saturated carbocycles. The third-order valence-corrected chi connectivity index (χ3v) is 4.72. The maximum Gasteiger partial charge on any atom is 0.267 e. The summed E-state index contributed by atoms with van der Waals surface area (Å²) >= 11 is 5.88. The Labute approximate surface area is 177 Å². The number of anilines is 1. The molecule has 0 atom stereocenters. The van der Waals surface area contributed by atoms with Gasteiger partial charge in [0.05, 0.1) is 0 Å². The second-order valence-electron chi connectivity index (χ2n) is 7.23. The molecule has 0 saturated heterocycles. The maximum atomic E-state index is 13.1. The van der Waals surface area contributed by atoms with Crippen LogP contribution >= 0.6 is 11.6 Å². The molecule has 0 aliphatic rings. The van der Waals surface area contributed by atoms with Gasteiger partial charge in [0.2, 0.25) is 5.89 Å². The van der Waals surface area contributed by atoms with Crippen molar-refractivity contribution in [1.82, 2.24) is 4.98 Å². The average Bonchev–Trinajstić information content (AvgIpc) is 3.13. The number of carbonyl (C=O) groups is 1. The van der Waals surface area contributed by atoms with Crippen LogP contribution in [-0.2, 0) is 4.79 Å². The molecule has 30 heavy (non-hydrogen) atoms. The molecule has 1 N–H and O–H groups in total. The fourth-order valence-electron chi connectivity index (χ4n) is 2.85. The quantitative estimate of drug-likeness (QED) is 0.421. The number of oxazole rings is 1. The number of hydrogen-bond donors (Lipinski definition) is 1. The molecule has 0 radical (unpaired) electrons. The third-order valence-electron chi connectivity index (χ3n) is 4.47. The molecule has 1 amide bonds. The molecule has 0 bridgehead atoms. The average molecular weight is 425 g/mol. The topological polar surface area (TPSA) is 64.4 Å². The summed E-state index contributed by atoms with van der Waals surface area (Å²) < 4.78 is 24.7. The van der Waals surface area contributed by atoms with E-state index in [4.69, 9.17) is 20.8 Å². The Morgan fingerprint density at radius 3 is 2.47 bits per heavy atom. The molecule has 152 valence electrons. The predicted octanol–water partition coefficient (Wildman–Crippen LogP) is 6.08. The maximum absolute atomic E-state index is 13.1. The molecule has 0 spiro atoms. The van der Waals surface area contributed by atoms with Crippen molar-refractivity contribution < 1.29 is 18.3 Å². The van der Waals surface area contributed by atoms with E-state index in [0.29, 0.717) is 39.0 Å². The largest absolute Gasteiger partial charge is 0.478 e. The van der Waals surface area contributed by atoms with Crippen LogP contribution in [0.15, 0.2) is 71.1 Å². The second kappa shape index (κ2) is 7.80. The van der Waals surface area contributed by atoms with Crippen LogP contribution in [-0.4, -0.2) is 16.5 Å². The number of nitrogens with one attached hydrogen (secondary N) is 1. The molecule has 3 aromatic carbocycles. The summed E-state index contributed by atoms with van der Waals surface area (Å²) in [4.78, 5) is 17.2. The van der Waals surface area contributed by atoms with E-state index < -0.39 is 5.60 Å². The summed E-state index contributed by atoms with van der Waals surface area (Å²) in [6.07, 6.45) is 0. The van der Waals surface area contributed by atoms with E-state index in [1.54, 1.807) is 68.4 Å². The Morgan fingerprint density at radius 2 is 1.77 bits per heavy atom. The summed E-state index contributed by atoms with van der Waals surface area (Å²) in [6, 6.07) is 17.8. The predicted molar refractivity (Wildman–Crippen MR) is 114 cm³/mol. The lowest BCUT2D eigenvalue weighted by molar-refractivity contribution is -0.128. The Hall–Kier alpha value is -3.38. The number of fused-ring (bicyclic) bond motifs is 1. The summed E-state index contributed by atoms with van der Waals surface area (Å²) in [5.74, 6) is 0.262. The summed E-state index contributed by atoms with van der Waals surface area (Å²) in [5, 5.41) is 3.43. The van der Waals surface area contributed by atoms with E-state index in [2.05, 4.69) is 10.3 Å². The molecule has 0 aliphatic carbocycles. The van der Waals surface area contributed by atoms with Crippen molar-refractivity contribution >= 4 is 34.3 Å². The standard InChI is InChI=1S/C23H18ClFN2O3/c1-23(2,30-18-10-5-15(24)6-11-18)22(28)26-17-9-12-20-19(13-17)27-21(29-20)14-3-7-16(25)8-4-14/h3-13H,1-2H3,(H,26,28). The lowest BCUT2D eigenvalue weighted by Gasteiger charge is -2.25. The van der Waals surface area contributed by atoms with E-state index >= 15 is 0 Å². The number of halogens is 2. The van der Waals surface area contributed by atoms with Crippen LogP contribution in [0.25, 0.3) is 22.6 Å². The zero-order valence-corrected chi connectivity index (χ0v) is 17.0. The minimum Gasteiger partial charge on any atom is -0.478 e. The van der Waals surface area contributed by atoms with Gasteiger partial charge in [0.15, 0.2) is 11.2 Å². The fraction of sp³-hybridized carbons (Fsp3) is 0.130. The van der Waals surface area contributed by atoms with E-state index in [9.17, 15) is 9.18 Å². The van der Waals surface area contributed by atoms with E-state index in [0.717, 1.165) is 0 Å². The number of nitrogens with zero attached hydrogens (tertiary/aromatic N) is 1. The minimum atomic E-state index is -1.12. The first kappa shape index (κ1) is 19.9. The first-order valence-corrected chi connectivity index (χ1v) is 9.60. The first-order valence-electron chi connectivity index (χ1n) is 9.23. The van der Waals surface area contributed by atoms with Crippen LogP contribution in [0.4, 0.5) is 10.1 Å². The molecule has 7 heteroatoms. The van der Waals surface area contributed by atoms with Crippen LogP contribution in [0.5, 0.6) is 5.75 Å². The monoisotopic (exact) mass is 424 g/mol. The molecule has 1 heterocycles. The SMILES string of the molecule is CC(C)(Oc1ccc(Cl)cc1)C(=O)Nc1ccc2oc(-c3ccc(F)cc3)nc2c1. The smallest absolute Gasteiger partial charge is 0.267 e. The molecule has 1 aromatic heterocycles. The second-order valence-corrected chi connectivity index (χ2v) is 7.67. The van der Waals surface area contributed by atoms with Gasteiger partial charge in [-0.15, -0.1) is 0 Å². The number of aromatic nitrogens is 1. The number of hydrogen-bond acceptors (Lipinski definition) is 4. The molecule has 0 fully saturated rings. The lowest BCUT2D eigenvalue weighted by Crippen LogP contribution is -2.42. The summed E-state index contributed by atoms with van der Waals surface area (Å²) in [7, 11) is 0. The van der Waals surface area contributed by atoms with E-state index in [1.165, 1.54) is 12.1 Å². The fourth-order valence-corrected chi connectivity index (χ4v) is 2.97. The first-order chi connectivity index (χ1) is 14.3. The minimum absolute atomic E-state index is 0.320. The van der Waals surface area contributed by atoms with Crippen LogP contribution < -0.4 is 10.1 Å². The van der Waals surface area contributed by atoms with Crippen molar-refractivity contribution in [3.63, 3.8) is 0 Å². The third kappa shape index (κ3) is 4.28. The van der Waals surface area contributed by atoms with Gasteiger partial charge in [-0.25, -0.2) is 9.37 Å². The zero-order valence-electron chi connectivity index (χ0n) is 16.3. The molecular formula is C23H18ClFN2O3. The van der Waals surface area contributed by atoms with Crippen molar-refractivity contribution in [3.8, 4) is 17.2 Å². The van der Waals surface area contributed by atoms with Gasteiger partial charge < -0.3 is 14.5 Å². The lowest BCUT2D eigenvalue weighted by atomic mass is 10.1. The van der Waals surface area contributed by atoms with Gasteiger partial charge in [-0.05, 0) is 80.6 Å². The van der Waals surface area contributed by atoms with Crippen LogP contribution in [0.3, 0.4) is 0 Å².